The highest BCUT2D eigenvalue weighted by Gasteiger charge is 2.37. The number of hydrogen-bond donors (Lipinski definition) is 2. The van der Waals surface area contributed by atoms with E-state index in [0.717, 1.165) is 12.8 Å². The molecule has 23 heavy (non-hydrogen) atoms. The van der Waals surface area contributed by atoms with Crippen LogP contribution in [0.3, 0.4) is 0 Å². The molecule has 3 atom stereocenters. The third kappa shape index (κ3) is 4.32. The molecule has 2 amide bonds. The molecule has 2 N–H and O–H groups in total. The van der Waals surface area contributed by atoms with Crippen LogP contribution in [0.2, 0.25) is 0 Å². The fourth-order valence-electron chi connectivity index (χ4n) is 3.09. The Morgan fingerprint density at radius 2 is 2.00 bits per heavy atom. The van der Waals surface area contributed by atoms with Crippen molar-refractivity contribution in [2.45, 2.75) is 51.7 Å². The van der Waals surface area contributed by atoms with Gasteiger partial charge in [-0.15, -0.1) is 0 Å². The van der Waals surface area contributed by atoms with Crippen molar-refractivity contribution < 1.29 is 14.7 Å². The molecule has 0 spiro atoms. The van der Waals surface area contributed by atoms with E-state index in [4.69, 9.17) is 0 Å². The quantitative estimate of drug-likeness (QED) is 0.846. The Morgan fingerprint density at radius 1 is 1.30 bits per heavy atom. The Bertz CT molecular complexity index is 532. The van der Waals surface area contributed by atoms with E-state index in [0.29, 0.717) is 25.1 Å². The molecule has 0 bridgehead atoms. The van der Waals surface area contributed by atoms with Gasteiger partial charge in [0.2, 0.25) is 11.8 Å². The van der Waals surface area contributed by atoms with Crippen LogP contribution < -0.4 is 5.32 Å². The van der Waals surface area contributed by atoms with Crippen LogP contribution in [0.15, 0.2) is 30.3 Å². The van der Waals surface area contributed by atoms with Crippen molar-refractivity contribution in [2.24, 2.45) is 5.92 Å². The van der Waals surface area contributed by atoms with E-state index in [2.05, 4.69) is 5.32 Å². The van der Waals surface area contributed by atoms with Gasteiger partial charge in [-0.2, -0.15) is 0 Å². The van der Waals surface area contributed by atoms with E-state index in [1.807, 2.05) is 37.3 Å². The molecule has 1 saturated carbocycles. The van der Waals surface area contributed by atoms with Crippen molar-refractivity contribution in [3.05, 3.63) is 30.3 Å². The number of amides is 2. The van der Waals surface area contributed by atoms with Gasteiger partial charge in [0.1, 0.15) is 6.04 Å². The lowest BCUT2D eigenvalue weighted by molar-refractivity contribution is -0.144. The van der Waals surface area contributed by atoms with Crippen LogP contribution in [0.25, 0.3) is 0 Å². The van der Waals surface area contributed by atoms with Gasteiger partial charge < -0.3 is 15.3 Å². The second-order valence-electron chi connectivity index (χ2n) is 6.17. The molecule has 1 aliphatic carbocycles. The summed E-state index contributed by atoms with van der Waals surface area (Å²) in [5.74, 6) is -0.674. The van der Waals surface area contributed by atoms with Gasteiger partial charge in [-0.3, -0.25) is 9.59 Å². The van der Waals surface area contributed by atoms with Gasteiger partial charge in [0.05, 0.1) is 12.0 Å². The zero-order chi connectivity index (χ0) is 16.8. The van der Waals surface area contributed by atoms with Crippen LogP contribution in [-0.4, -0.2) is 40.5 Å². The van der Waals surface area contributed by atoms with E-state index < -0.39 is 12.1 Å². The van der Waals surface area contributed by atoms with E-state index in [-0.39, 0.29) is 17.7 Å². The second-order valence-corrected chi connectivity index (χ2v) is 6.17. The number of carbonyl (C=O) groups excluding carboxylic acids is 2. The highest BCUT2D eigenvalue weighted by Crippen LogP contribution is 2.28. The summed E-state index contributed by atoms with van der Waals surface area (Å²) in [5.41, 5.74) is 0.717. The van der Waals surface area contributed by atoms with Gasteiger partial charge in [0.25, 0.3) is 0 Å². The number of benzene rings is 1. The Labute approximate surface area is 137 Å². The molecule has 126 valence electrons. The van der Waals surface area contributed by atoms with E-state index >= 15 is 0 Å². The minimum atomic E-state index is -0.578. The number of rotatable bonds is 6. The normalized spacial score (nSPS) is 21.7. The molecule has 0 aromatic heterocycles. The second kappa shape index (κ2) is 8.11. The summed E-state index contributed by atoms with van der Waals surface area (Å²) in [4.78, 5) is 26.8. The Hall–Kier alpha value is -1.88. The summed E-state index contributed by atoms with van der Waals surface area (Å²) in [7, 11) is 0. The van der Waals surface area contributed by atoms with Gasteiger partial charge in [-0.1, -0.05) is 25.1 Å². The molecule has 0 saturated heterocycles. The van der Waals surface area contributed by atoms with E-state index in [9.17, 15) is 14.7 Å². The molecule has 2 rings (SSSR count). The summed E-state index contributed by atoms with van der Waals surface area (Å²) >= 11 is 0. The lowest BCUT2D eigenvalue weighted by Gasteiger charge is -2.31. The van der Waals surface area contributed by atoms with Gasteiger partial charge in [-0.25, -0.2) is 0 Å². The van der Waals surface area contributed by atoms with Crippen molar-refractivity contribution in [1.29, 1.82) is 0 Å². The summed E-state index contributed by atoms with van der Waals surface area (Å²) in [6, 6.07) is 8.66. The van der Waals surface area contributed by atoms with Gasteiger partial charge in [-0.05, 0) is 44.7 Å². The third-order valence-corrected chi connectivity index (χ3v) is 4.43. The van der Waals surface area contributed by atoms with Crippen molar-refractivity contribution >= 4 is 17.5 Å². The van der Waals surface area contributed by atoms with Crippen molar-refractivity contribution in [3.8, 4) is 0 Å². The van der Waals surface area contributed by atoms with E-state index in [1.54, 1.807) is 11.8 Å². The predicted molar refractivity (Wildman–Crippen MR) is 89.9 cm³/mol. The summed E-state index contributed by atoms with van der Waals surface area (Å²) in [6.07, 6.45) is 2.43. The summed E-state index contributed by atoms with van der Waals surface area (Å²) in [6.45, 7) is 4.24. The number of nitrogens with one attached hydrogen (secondary N) is 1. The molecule has 1 aliphatic rings. The lowest BCUT2D eigenvalue weighted by Crippen LogP contribution is -2.49. The topological polar surface area (TPSA) is 69.6 Å². The number of nitrogens with zero attached hydrogens (tertiary/aromatic N) is 1. The molecular formula is C18H26N2O3. The molecule has 5 heteroatoms. The van der Waals surface area contributed by atoms with Gasteiger partial charge >= 0.3 is 0 Å². The Balaban J connectivity index is 2.06. The maximum atomic E-state index is 12.7. The average molecular weight is 318 g/mol. The minimum absolute atomic E-state index is 0.104. The first kappa shape index (κ1) is 17.5. The number of carbonyl (C=O) groups is 2. The van der Waals surface area contributed by atoms with Crippen molar-refractivity contribution in [1.82, 2.24) is 4.90 Å². The highest BCUT2D eigenvalue weighted by atomic mass is 16.3. The first-order chi connectivity index (χ1) is 11.0. The van der Waals surface area contributed by atoms with Crippen LogP contribution in [-0.2, 0) is 9.59 Å². The fraction of sp³-hybridized carbons (Fsp3) is 0.556. The average Bonchev–Trinajstić information content (AvgIpc) is 2.98. The predicted octanol–water partition coefficient (Wildman–Crippen LogP) is 2.41. The summed E-state index contributed by atoms with van der Waals surface area (Å²) in [5, 5.41) is 12.8. The van der Waals surface area contributed by atoms with Crippen LogP contribution in [0, 0.1) is 5.92 Å². The van der Waals surface area contributed by atoms with Crippen LogP contribution in [0.5, 0.6) is 0 Å². The van der Waals surface area contributed by atoms with Crippen molar-refractivity contribution in [2.75, 3.05) is 11.9 Å². The highest BCUT2D eigenvalue weighted by molar-refractivity contribution is 5.97. The largest absolute Gasteiger partial charge is 0.392 e. The molecule has 1 fully saturated rings. The van der Waals surface area contributed by atoms with Crippen molar-refractivity contribution in [3.63, 3.8) is 0 Å². The molecule has 1 aromatic rings. The van der Waals surface area contributed by atoms with Crippen LogP contribution in [0.1, 0.15) is 39.5 Å². The molecular weight excluding hydrogens is 292 g/mol. The molecule has 0 heterocycles. The number of para-hydroxylation sites is 1. The maximum Gasteiger partial charge on any atom is 0.246 e. The first-order valence-electron chi connectivity index (χ1n) is 8.39. The zero-order valence-electron chi connectivity index (χ0n) is 13.9. The fourth-order valence-corrected chi connectivity index (χ4v) is 3.09. The first-order valence-corrected chi connectivity index (χ1v) is 8.39. The number of aliphatic hydroxyl groups is 1. The Morgan fingerprint density at radius 3 is 2.57 bits per heavy atom. The monoisotopic (exact) mass is 318 g/mol. The number of hydrogen-bond acceptors (Lipinski definition) is 3. The maximum absolute atomic E-state index is 12.7. The van der Waals surface area contributed by atoms with Gasteiger partial charge in [0.15, 0.2) is 0 Å². The number of anilines is 1. The number of aliphatic hydroxyl groups excluding tert-OH is 1. The van der Waals surface area contributed by atoms with E-state index in [1.165, 1.54) is 0 Å². The summed E-state index contributed by atoms with van der Waals surface area (Å²) < 4.78 is 0. The minimum Gasteiger partial charge on any atom is -0.392 e. The zero-order valence-corrected chi connectivity index (χ0v) is 13.9. The molecule has 3 unspecified atom stereocenters. The third-order valence-electron chi connectivity index (χ3n) is 4.43. The molecule has 0 aliphatic heterocycles. The lowest BCUT2D eigenvalue weighted by atomic mass is 10.0. The smallest absolute Gasteiger partial charge is 0.246 e. The van der Waals surface area contributed by atoms with Crippen LogP contribution in [0.4, 0.5) is 5.69 Å². The standard InChI is InChI=1S/C18H26N2O3/c1-3-12-20(18(23)15-10-7-11-16(15)21)13(2)17(22)19-14-8-5-4-6-9-14/h4-6,8-9,13,15-16,21H,3,7,10-12H2,1-2H3,(H,19,22). The molecule has 1 aromatic carbocycles. The van der Waals surface area contributed by atoms with Gasteiger partial charge in [0, 0.05) is 12.2 Å². The Kier molecular flexibility index (Phi) is 6.16. The SMILES string of the molecule is CCCN(C(=O)C1CCCC1O)C(C)C(=O)Nc1ccccc1. The van der Waals surface area contributed by atoms with Crippen LogP contribution >= 0.6 is 0 Å². The molecule has 5 nitrogen and oxygen atoms in total. The molecule has 0 radical (unpaired) electrons.